The molecule has 4 rings (SSSR count). The van der Waals surface area contributed by atoms with E-state index < -0.39 is 0 Å². The molecule has 2 aliphatic heterocycles. The number of ether oxygens (including phenoxy) is 2. The van der Waals surface area contributed by atoms with Crippen LogP contribution in [0.3, 0.4) is 0 Å². The molecule has 0 aromatic rings. The van der Waals surface area contributed by atoms with Gasteiger partial charge in [0.05, 0.1) is 6.10 Å². The topological polar surface area (TPSA) is 25.1 Å². The van der Waals surface area contributed by atoms with Gasteiger partial charge in [0, 0.05) is 0 Å². The second-order valence-corrected chi connectivity index (χ2v) is 6.89. The maximum atomic E-state index is 6.28. The summed E-state index contributed by atoms with van der Waals surface area (Å²) in [6, 6.07) is 0. The van der Waals surface area contributed by atoms with Gasteiger partial charge < -0.3 is 9.47 Å². The third-order valence-corrected chi connectivity index (χ3v) is 5.49. The van der Waals surface area contributed by atoms with Crippen molar-refractivity contribution in [2.75, 3.05) is 0 Å². The van der Waals surface area contributed by atoms with Gasteiger partial charge in [-0.25, -0.2) is 0 Å². The van der Waals surface area contributed by atoms with Gasteiger partial charge in [-0.05, 0) is 44.1 Å². The summed E-state index contributed by atoms with van der Waals surface area (Å²) >= 11 is 0. The minimum atomic E-state index is 0.0540. The number of fused-ring (bicyclic) bond motifs is 3. The van der Waals surface area contributed by atoms with Crippen LogP contribution in [0.5, 0.6) is 0 Å². The zero-order chi connectivity index (χ0) is 13.4. The number of rotatable bonds is 1. The zero-order valence-electron chi connectivity index (χ0n) is 12.4. The highest BCUT2D eigenvalue weighted by Crippen LogP contribution is 2.56. The van der Waals surface area contributed by atoms with Gasteiger partial charge in [0.25, 0.3) is 0 Å². The fraction of sp³-hybridized carbons (Fsp3) is 0.778. The highest BCUT2D eigenvalue weighted by atomic mass is 16.7. The third-order valence-electron chi connectivity index (χ3n) is 5.49. The lowest BCUT2D eigenvalue weighted by molar-refractivity contribution is 0.282. The molecule has 0 aromatic carbocycles. The second kappa shape index (κ2) is 5.31. The molecule has 3 fully saturated rings. The lowest BCUT2D eigenvalue weighted by atomic mass is 9.85. The molecule has 0 bridgehead atoms. The van der Waals surface area contributed by atoms with E-state index in [1.54, 1.807) is 5.57 Å². The molecule has 0 N–H and O–H groups in total. The van der Waals surface area contributed by atoms with Crippen LogP contribution in [0.1, 0.15) is 64.2 Å². The van der Waals surface area contributed by atoms with E-state index in [1.165, 1.54) is 64.2 Å². The van der Waals surface area contributed by atoms with Gasteiger partial charge in [-0.3, -0.25) is 0 Å². The van der Waals surface area contributed by atoms with Crippen LogP contribution in [0.2, 0.25) is 0 Å². The predicted molar refractivity (Wildman–Crippen MR) is 79.7 cm³/mol. The Labute approximate surface area is 122 Å². The van der Waals surface area contributed by atoms with E-state index in [0.717, 1.165) is 0 Å². The molecule has 4 aliphatic rings. The van der Waals surface area contributed by atoms with E-state index in [9.17, 15) is 0 Å². The molecule has 0 amide bonds. The molecule has 0 radical (unpaired) electrons. The molecule has 20 heavy (non-hydrogen) atoms. The van der Waals surface area contributed by atoms with Gasteiger partial charge in [0.2, 0.25) is 0 Å². The summed E-state index contributed by atoms with van der Waals surface area (Å²) < 4.78 is 12.2. The minimum absolute atomic E-state index is 0.0540. The van der Waals surface area contributed by atoms with Crippen molar-refractivity contribution in [3.05, 3.63) is 23.8 Å². The highest BCUT2D eigenvalue weighted by Gasteiger charge is 2.67. The summed E-state index contributed by atoms with van der Waals surface area (Å²) in [7, 11) is 0. The van der Waals surface area contributed by atoms with Crippen molar-refractivity contribution in [3.8, 4) is 0 Å². The Morgan fingerprint density at radius 1 is 1.05 bits per heavy atom. The summed E-state index contributed by atoms with van der Waals surface area (Å²) in [5, 5.41) is 0. The van der Waals surface area contributed by atoms with Crippen LogP contribution >= 0.6 is 0 Å². The van der Waals surface area contributed by atoms with Crippen molar-refractivity contribution in [3.63, 3.8) is 0 Å². The van der Waals surface area contributed by atoms with Crippen LogP contribution in [0.25, 0.3) is 0 Å². The Hall–Kier alpha value is -0.600. The maximum Gasteiger partial charge on any atom is 0.120 e. The molecular formula is C18H26O2. The average molecular weight is 274 g/mol. The average Bonchev–Trinajstić information content (AvgIpc) is 3.34. The number of epoxide rings is 2. The van der Waals surface area contributed by atoms with E-state index in [1.807, 2.05) is 0 Å². The zero-order valence-corrected chi connectivity index (χ0v) is 12.4. The number of hydrogen-bond acceptors (Lipinski definition) is 2. The molecule has 1 saturated carbocycles. The Kier molecular flexibility index (Phi) is 3.47. The molecule has 110 valence electrons. The minimum Gasteiger partial charge on any atom is -0.367 e. The predicted octanol–water partition coefficient (Wildman–Crippen LogP) is 4.30. The van der Waals surface area contributed by atoms with Crippen molar-refractivity contribution in [1.82, 2.24) is 0 Å². The van der Waals surface area contributed by atoms with Crippen molar-refractivity contribution in [2.24, 2.45) is 0 Å². The molecule has 2 aliphatic carbocycles. The maximum absolute atomic E-state index is 6.28. The van der Waals surface area contributed by atoms with Crippen LogP contribution < -0.4 is 0 Å². The van der Waals surface area contributed by atoms with E-state index in [-0.39, 0.29) is 5.60 Å². The molecule has 2 heterocycles. The molecule has 2 nitrogen and oxygen atoms in total. The van der Waals surface area contributed by atoms with Gasteiger partial charge in [-0.2, -0.15) is 0 Å². The lowest BCUT2D eigenvalue weighted by Crippen LogP contribution is -2.22. The second-order valence-electron chi connectivity index (χ2n) is 6.89. The normalized spacial score (nSPS) is 44.4. The standard InChI is InChI=1S/C18H26O2/c1-2-4-7-11-14(10-6-3-1)18-13-9-5-8-12-15-16(19-15)17(18)20-18/h3,6,10,15-17H,1-2,4-5,7-9,11-13H2. The van der Waals surface area contributed by atoms with Crippen LogP contribution in [-0.4, -0.2) is 23.9 Å². The summed E-state index contributed by atoms with van der Waals surface area (Å²) in [5.41, 5.74) is 1.61. The first-order valence-corrected chi connectivity index (χ1v) is 8.60. The van der Waals surface area contributed by atoms with Gasteiger partial charge in [-0.15, -0.1) is 0 Å². The Bertz CT molecular complexity index is 425. The fourth-order valence-corrected chi connectivity index (χ4v) is 4.18. The van der Waals surface area contributed by atoms with Crippen molar-refractivity contribution in [1.29, 1.82) is 0 Å². The number of allylic oxidation sites excluding steroid dienone is 3. The van der Waals surface area contributed by atoms with Gasteiger partial charge in [-0.1, -0.05) is 43.9 Å². The van der Waals surface area contributed by atoms with Gasteiger partial charge in [0.1, 0.15) is 17.8 Å². The molecule has 2 saturated heterocycles. The number of hydrogen-bond donors (Lipinski definition) is 0. The first-order valence-electron chi connectivity index (χ1n) is 8.60. The van der Waals surface area contributed by atoms with Crippen molar-refractivity contribution in [2.45, 2.75) is 88.1 Å². The largest absolute Gasteiger partial charge is 0.367 e. The van der Waals surface area contributed by atoms with E-state index >= 15 is 0 Å². The Morgan fingerprint density at radius 3 is 3.00 bits per heavy atom. The SMILES string of the molecule is C1=CCCCCCC(C23CCCCCC4OC4C2O3)=C1. The first kappa shape index (κ1) is 13.1. The smallest absolute Gasteiger partial charge is 0.120 e. The summed E-state index contributed by atoms with van der Waals surface area (Å²) in [5.74, 6) is 0. The Balaban J connectivity index is 1.55. The molecule has 0 spiro atoms. The van der Waals surface area contributed by atoms with Gasteiger partial charge >= 0.3 is 0 Å². The van der Waals surface area contributed by atoms with Gasteiger partial charge in [0.15, 0.2) is 0 Å². The molecule has 4 unspecified atom stereocenters. The lowest BCUT2D eigenvalue weighted by Gasteiger charge is -2.17. The van der Waals surface area contributed by atoms with Crippen molar-refractivity contribution < 1.29 is 9.47 Å². The summed E-state index contributed by atoms with van der Waals surface area (Å²) in [6.07, 6.45) is 21.2. The molecule has 2 heteroatoms. The highest BCUT2D eigenvalue weighted by molar-refractivity contribution is 5.34. The summed E-state index contributed by atoms with van der Waals surface area (Å²) in [6.45, 7) is 0. The van der Waals surface area contributed by atoms with Crippen LogP contribution in [0.15, 0.2) is 23.8 Å². The Morgan fingerprint density at radius 2 is 2.00 bits per heavy atom. The molecule has 0 aromatic heterocycles. The monoisotopic (exact) mass is 274 g/mol. The van der Waals surface area contributed by atoms with Crippen molar-refractivity contribution >= 4 is 0 Å². The van der Waals surface area contributed by atoms with E-state index in [2.05, 4.69) is 18.2 Å². The third kappa shape index (κ3) is 2.37. The molecule has 4 atom stereocenters. The summed E-state index contributed by atoms with van der Waals surface area (Å²) in [4.78, 5) is 0. The van der Waals surface area contributed by atoms with E-state index in [0.29, 0.717) is 18.3 Å². The fourth-order valence-electron chi connectivity index (χ4n) is 4.18. The van der Waals surface area contributed by atoms with E-state index in [4.69, 9.17) is 9.47 Å². The first-order chi connectivity index (χ1) is 9.90. The van der Waals surface area contributed by atoms with Crippen LogP contribution in [0, 0.1) is 0 Å². The van der Waals surface area contributed by atoms with Crippen LogP contribution in [-0.2, 0) is 9.47 Å². The quantitative estimate of drug-likeness (QED) is 0.666. The molecular weight excluding hydrogens is 248 g/mol. The van der Waals surface area contributed by atoms with Crippen LogP contribution in [0.4, 0.5) is 0 Å².